The van der Waals surface area contributed by atoms with E-state index in [2.05, 4.69) is 163 Å². The first kappa shape index (κ1) is 35.0. The summed E-state index contributed by atoms with van der Waals surface area (Å²) in [7, 11) is 0. The summed E-state index contributed by atoms with van der Waals surface area (Å²) >= 11 is 0. The van der Waals surface area contributed by atoms with Crippen LogP contribution in [-0.2, 0) is 30.9 Å². The first-order valence-corrected chi connectivity index (χ1v) is 17.8. The molecular weight excluding hydrogens is 771 g/mol. The number of rotatable bonds is 5. The van der Waals surface area contributed by atoms with Crippen LogP contribution in [0.15, 0.2) is 115 Å². The molecule has 7 rings (SSSR count). The van der Waals surface area contributed by atoms with Crippen molar-refractivity contribution in [1.29, 1.82) is 0 Å². The molecule has 1 nitrogen and oxygen atoms in total. The van der Waals surface area contributed by atoms with Crippen LogP contribution in [-0.4, -0.2) is 4.98 Å². The Kier molecular flexibility index (Phi) is 10.1. The van der Waals surface area contributed by atoms with E-state index in [0.717, 1.165) is 11.3 Å². The molecule has 0 atom stereocenters. The van der Waals surface area contributed by atoms with Crippen molar-refractivity contribution >= 4 is 10.8 Å². The molecule has 49 heavy (non-hydrogen) atoms. The molecule has 0 saturated heterocycles. The van der Waals surface area contributed by atoms with E-state index < -0.39 is 0 Å². The molecule has 2 heteroatoms. The Bertz CT molecular complexity index is 1970. The molecule has 0 amide bonds. The third kappa shape index (κ3) is 7.52. The summed E-state index contributed by atoms with van der Waals surface area (Å²) in [6.45, 7) is 13.6. The fourth-order valence-electron chi connectivity index (χ4n) is 7.40. The van der Waals surface area contributed by atoms with Crippen LogP contribution in [0.4, 0.5) is 0 Å². The summed E-state index contributed by atoms with van der Waals surface area (Å²) < 4.78 is 0. The number of fused-ring (bicyclic) bond motifs is 1. The van der Waals surface area contributed by atoms with Gasteiger partial charge < -0.3 is 4.98 Å². The SMILES string of the molecule is CC(C)(C)c1ccc(-c2cc(-c3ccc(C(C)(C)C)cc3)cc(-c3cc[c-]c(-c4ncc(C5CCCCC5)c5ccccc45)c3)c2)cc1.[Ir]. The maximum absolute atomic E-state index is 5.14. The minimum atomic E-state index is 0. The molecule has 1 fully saturated rings. The standard InChI is InChI=1S/C47H48N.Ir/c1-46(2,3)40-23-19-32(20-24-40)37-28-38(33-21-25-41(26-22-33)47(4,5)6)30-39(29-37)35-15-12-16-36(27-35)45-43-18-11-10-17-42(43)44(31-48-45)34-13-8-7-9-14-34;/h10-12,15,17-31,34H,7-9,13-14H2,1-6H3;/q-1;. The molecule has 1 saturated carbocycles. The van der Waals surface area contributed by atoms with E-state index >= 15 is 0 Å². The number of hydrogen-bond donors (Lipinski definition) is 0. The Balaban J connectivity index is 0.00000417. The molecule has 251 valence electrons. The average molecular weight is 819 g/mol. The van der Waals surface area contributed by atoms with Gasteiger partial charge in [0.05, 0.1) is 0 Å². The summed E-state index contributed by atoms with van der Waals surface area (Å²) in [5.74, 6) is 0.608. The van der Waals surface area contributed by atoms with E-state index in [1.54, 1.807) is 0 Å². The molecule has 1 aliphatic carbocycles. The first-order valence-electron chi connectivity index (χ1n) is 17.8. The molecule has 1 aromatic heterocycles. The summed E-state index contributed by atoms with van der Waals surface area (Å²) in [4.78, 5) is 5.14. The number of nitrogens with zero attached hydrogens (tertiary/aromatic N) is 1. The van der Waals surface area contributed by atoms with Crippen LogP contribution in [0.25, 0.3) is 55.4 Å². The zero-order valence-corrected chi connectivity index (χ0v) is 32.3. The topological polar surface area (TPSA) is 12.9 Å². The maximum atomic E-state index is 5.14. The first-order chi connectivity index (χ1) is 23.0. The predicted octanol–water partition coefficient (Wildman–Crippen LogP) is 13.3. The van der Waals surface area contributed by atoms with Crippen LogP contribution in [0.3, 0.4) is 0 Å². The molecule has 0 bridgehead atoms. The molecule has 1 heterocycles. The number of benzene rings is 5. The van der Waals surface area contributed by atoms with Crippen molar-refractivity contribution in [2.75, 3.05) is 0 Å². The van der Waals surface area contributed by atoms with Gasteiger partial charge in [-0.3, -0.25) is 0 Å². The molecule has 0 aliphatic heterocycles. The summed E-state index contributed by atoms with van der Waals surface area (Å²) in [6.07, 6.45) is 8.69. The van der Waals surface area contributed by atoms with Crippen molar-refractivity contribution in [3.05, 3.63) is 138 Å². The summed E-state index contributed by atoms with van der Waals surface area (Å²) in [5.41, 5.74) is 13.6. The fraction of sp³-hybridized carbons (Fsp3) is 0.298. The molecule has 5 aromatic carbocycles. The quantitative estimate of drug-likeness (QED) is 0.158. The zero-order valence-electron chi connectivity index (χ0n) is 29.9. The van der Waals surface area contributed by atoms with Crippen LogP contribution in [0.1, 0.15) is 96.3 Å². The van der Waals surface area contributed by atoms with Gasteiger partial charge in [-0.05, 0) is 109 Å². The van der Waals surface area contributed by atoms with Gasteiger partial charge in [-0.2, -0.15) is 0 Å². The minimum Gasteiger partial charge on any atom is -0.304 e. The van der Waals surface area contributed by atoms with Crippen molar-refractivity contribution in [1.82, 2.24) is 4.98 Å². The van der Waals surface area contributed by atoms with Crippen molar-refractivity contribution < 1.29 is 20.1 Å². The Hall–Kier alpha value is -3.84. The minimum absolute atomic E-state index is 0. The molecule has 0 N–H and O–H groups in total. The van der Waals surface area contributed by atoms with Gasteiger partial charge in [0, 0.05) is 26.3 Å². The van der Waals surface area contributed by atoms with Crippen LogP contribution in [0.5, 0.6) is 0 Å². The number of aromatic nitrogens is 1. The number of pyridine rings is 1. The van der Waals surface area contributed by atoms with Crippen LogP contribution >= 0.6 is 0 Å². The van der Waals surface area contributed by atoms with E-state index in [1.165, 1.54) is 92.9 Å². The average Bonchev–Trinajstić information content (AvgIpc) is 3.11. The Morgan fingerprint density at radius 1 is 0.551 bits per heavy atom. The Morgan fingerprint density at radius 2 is 1.06 bits per heavy atom. The van der Waals surface area contributed by atoms with Crippen LogP contribution < -0.4 is 0 Å². The van der Waals surface area contributed by atoms with E-state index in [-0.39, 0.29) is 30.9 Å². The Morgan fingerprint density at radius 3 is 1.59 bits per heavy atom. The van der Waals surface area contributed by atoms with E-state index in [4.69, 9.17) is 4.98 Å². The van der Waals surface area contributed by atoms with Crippen molar-refractivity contribution in [3.8, 4) is 44.6 Å². The molecular formula is C47H48IrN-. The summed E-state index contributed by atoms with van der Waals surface area (Å²) in [5, 5.41) is 2.57. The third-order valence-electron chi connectivity index (χ3n) is 10.4. The van der Waals surface area contributed by atoms with Crippen LogP contribution in [0.2, 0.25) is 0 Å². The summed E-state index contributed by atoms with van der Waals surface area (Å²) in [6, 6.07) is 44.2. The monoisotopic (exact) mass is 819 g/mol. The van der Waals surface area contributed by atoms with E-state index in [9.17, 15) is 0 Å². The molecule has 6 aromatic rings. The van der Waals surface area contributed by atoms with Crippen molar-refractivity contribution in [3.63, 3.8) is 0 Å². The molecule has 1 radical (unpaired) electrons. The van der Waals surface area contributed by atoms with Gasteiger partial charge in [-0.15, -0.1) is 35.4 Å². The van der Waals surface area contributed by atoms with Gasteiger partial charge in [0.25, 0.3) is 0 Å². The smallest absolute Gasteiger partial charge is 0.0202 e. The van der Waals surface area contributed by atoms with Gasteiger partial charge >= 0.3 is 0 Å². The third-order valence-corrected chi connectivity index (χ3v) is 10.4. The van der Waals surface area contributed by atoms with E-state index in [1.807, 2.05) is 0 Å². The second-order valence-electron chi connectivity index (χ2n) is 15.9. The van der Waals surface area contributed by atoms with Gasteiger partial charge in [-0.1, -0.05) is 134 Å². The van der Waals surface area contributed by atoms with Gasteiger partial charge in [0.2, 0.25) is 0 Å². The number of hydrogen-bond acceptors (Lipinski definition) is 1. The molecule has 0 unspecified atom stereocenters. The van der Waals surface area contributed by atoms with Gasteiger partial charge in [-0.25, -0.2) is 0 Å². The van der Waals surface area contributed by atoms with Gasteiger partial charge in [0.1, 0.15) is 0 Å². The largest absolute Gasteiger partial charge is 0.304 e. The van der Waals surface area contributed by atoms with E-state index in [0.29, 0.717) is 5.92 Å². The normalized spacial score (nSPS) is 14.1. The second kappa shape index (κ2) is 14.2. The predicted molar refractivity (Wildman–Crippen MR) is 206 cm³/mol. The molecule has 0 spiro atoms. The van der Waals surface area contributed by atoms with Crippen molar-refractivity contribution in [2.24, 2.45) is 0 Å². The maximum Gasteiger partial charge on any atom is 0.0202 e. The molecule has 1 aliphatic rings. The zero-order chi connectivity index (χ0) is 33.5. The fourth-order valence-corrected chi connectivity index (χ4v) is 7.40. The van der Waals surface area contributed by atoms with Crippen molar-refractivity contribution in [2.45, 2.75) is 90.4 Å². The van der Waals surface area contributed by atoms with Crippen LogP contribution in [0, 0.1) is 6.07 Å². The van der Waals surface area contributed by atoms with Gasteiger partial charge in [0.15, 0.2) is 0 Å². The Labute approximate surface area is 307 Å². The second-order valence-corrected chi connectivity index (χ2v) is 15.9.